The first kappa shape index (κ1) is 12.8. The van der Waals surface area contributed by atoms with Crippen molar-refractivity contribution >= 4 is 29.0 Å². The Morgan fingerprint density at radius 3 is 2.90 bits per heavy atom. The van der Waals surface area contributed by atoms with Crippen molar-refractivity contribution < 1.29 is 4.79 Å². The number of carbonyl (C=O) groups excluding carboxylic acids is 1. The van der Waals surface area contributed by atoms with E-state index in [0.29, 0.717) is 12.5 Å². The summed E-state index contributed by atoms with van der Waals surface area (Å²) in [7, 11) is 0. The van der Waals surface area contributed by atoms with Crippen molar-refractivity contribution in [2.45, 2.75) is 10.8 Å². The summed E-state index contributed by atoms with van der Waals surface area (Å²) >= 11 is 1.89. The summed E-state index contributed by atoms with van der Waals surface area (Å²) in [5.41, 5.74) is 3.44. The van der Waals surface area contributed by atoms with Crippen molar-refractivity contribution in [1.82, 2.24) is 0 Å². The van der Waals surface area contributed by atoms with Crippen LogP contribution in [0.5, 0.6) is 0 Å². The van der Waals surface area contributed by atoms with E-state index in [0.717, 1.165) is 23.7 Å². The minimum atomic E-state index is 0.156. The topological polar surface area (TPSA) is 32.3 Å². The van der Waals surface area contributed by atoms with E-state index in [9.17, 15) is 4.79 Å². The number of thioether (sulfide) groups is 1. The maximum atomic E-state index is 12.3. The van der Waals surface area contributed by atoms with Gasteiger partial charge in [0.05, 0.1) is 17.9 Å². The van der Waals surface area contributed by atoms with Crippen LogP contribution in [-0.2, 0) is 4.79 Å². The van der Waals surface area contributed by atoms with E-state index < -0.39 is 0 Å². The van der Waals surface area contributed by atoms with Crippen LogP contribution in [0.1, 0.15) is 11.5 Å². The van der Waals surface area contributed by atoms with Gasteiger partial charge in [0.2, 0.25) is 5.91 Å². The van der Waals surface area contributed by atoms with Gasteiger partial charge in [-0.1, -0.05) is 30.3 Å². The maximum absolute atomic E-state index is 12.3. The van der Waals surface area contributed by atoms with E-state index in [-0.39, 0.29) is 5.91 Å². The first-order valence-corrected chi connectivity index (χ1v) is 8.16. The van der Waals surface area contributed by atoms with Crippen LogP contribution >= 0.6 is 11.8 Å². The van der Waals surface area contributed by atoms with Crippen molar-refractivity contribution in [3.05, 3.63) is 54.1 Å². The molecular weight excluding hydrogens is 280 g/mol. The Kier molecular flexibility index (Phi) is 3.11. The maximum Gasteiger partial charge on any atom is 0.246 e. The number of para-hydroxylation sites is 2. The molecule has 0 aliphatic carbocycles. The van der Waals surface area contributed by atoms with Gasteiger partial charge in [0, 0.05) is 23.1 Å². The smallest absolute Gasteiger partial charge is 0.246 e. The monoisotopic (exact) mass is 296 g/mol. The molecule has 0 bridgehead atoms. The lowest BCUT2D eigenvalue weighted by Gasteiger charge is -2.32. The summed E-state index contributed by atoms with van der Waals surface area (Å²) in [6, 6.07) is 16.6. The molecule has 0 aromatic heterocycles. The molecule has 4 heteroatoms. The van der Waals surface area contributed by atoms with Crippen LogP contribution in [0.15, 0.2) is 53.4 Å². The molecule has 106 valence electrons. The number of benzene rings is 2. The highest BCUT2D eigenvalue weighted by Crippen LogP contribution is 2.41. The molecular formula is C17H16N2OS. The van der Waals surface area contributed by atoms with Crippen molar-refractivity contribution in [2.75, 3.05) is 29.1 Å². The van der Waals surface area contributed by atoms with E-state index in [2.05, 4.69) is 29.6 Å². The zero-order valence-electron chi connectivity index (χ0n) is 11.6. The van der Waals surface area contributed by atoms with Crippen LogP contribution in [0.2, 0.25) is 0 Å². The summed E-state index contributed by atoms with van der Waals surface area (Å²) in [6.45, 7) is 1.15. The lowest BCUT2D eigenvalue weighted by Crippen LogP contribution is -2.42. The van der Waals surface area contributed by atoms with E-state index >= 15 is 0 Å². The Balaban J connectivity index is 1.65. The minimum absolute atomic E-state index is 0.156. The zero-order chi connectivity index (χ0) is 14.2. The standard InChI is InChI=1S/C17H16N2OS/c20-17-9-18-14-6-2-3-7-15(14)19(17)10-12-11-21-16-8-4-1-5-13(12)16/h1-8,12,18H,9-11H2. The summed E-state index contributed by atoms with van der Waals surface area (Å²) in [5, 5.41) is 3.19. The minimum Gasteiger partial charge on any atom is -0.374 e. The molecule has 21 heavy (non-hydrogen) atoms. The lowest BCUT2D eigenvalue weighted by atomic mass is 10.00. The number of fused-ring (bicyclic) bond motifs is 2. The lowest BCUT2D eigenvalue weighted by molar-refractivity contribution is -0.117. The number of anilines is 2. The molecule has 2 aromatic carbocycles. The fraction of sp³-hybridized carbons (Fsp3) is 0.235. The van der Waals surface area contributed by atoms with Gasteiger partial charge in [0.15, 0.2) is 0 Å². The van der Waals surface area contributed by atoms with Crippen LogP contribution in [-0.4, -0.2) is 24.7 Å². The Hall–Kier alpha value is -1.94. The average Bonchev–Trinajstić information content (AvgIpc) is 2.93. The number of carbonyl (C=O) groups is 1. The third-order valence-electron chi connectivity index (χ3n) is 4.13. The van der Waals surface area contributed by atoms with Gasteiger partial charge >= 0.3 is 0 Å². The molecule has 2 aliphatic rings. The van der Waals surface area contributed by atoms with E-state index in [4.69, 9.17) is 0 Å². The Morgan fingerprint density at radius 1 is 1.14 bits per heavy atom. The Labute approximate surface area is 128 Å². The number of rotatable bonds is 2. The number of hydrogen-bond donors (Lipinski definition) is 1. The molecule has 1 amide bonds. The second kappa shape index (κ2) is 5.11. The van der Waals surface area contributed by atoms with Crippen molar-refractivity contribution in [1.29, 1.82) is 0 Å². The molecule has 1 atom stereocenters. The summed E-state index contributed by atoms with van der Waals surface area (Å²) in [4.78, 5) is 15.6. The fourth-order valence-electron chi connectivity index (χ4n) is 3.06. The van der Waals surface area contributed by atoms with Gasteiger partial charge in [-0.05, 0) is 23.8 Å². The molecule has 1 N–H and O–H groups in total. The molecule has 2 heterocycles. The predicted molar refractivity (Wildman–Crippen MR) is 87.2 cm³/mol. The van der Waals surface area contributed by atoms with Crippen LogP contribution in [0.4, 0.5) is 11.4 Å². The van der Waals surface area contributed by atoms with Gasteiger partial charge in [-0.2, -0.15) is 0 Å². The van der Waals surface area contributed by atoms with Crippen LogP contribution in [0.25, 0.3) is 0 Å². The number of amides is 1. The van der Waals surface area contributed by atoms with Crippen molar-refractivity contribution in [3.8, 4) is 0 Å². The highest BCUT2D eigenvalue weighted by Gasteiger charge is 2.30. The van der Waals surface area contributed by atoms with Crippen LogP contribution in [0.3, 0.4) is 0 Å². The normalized spacial score (nSPS) is 19.9. The van der Waals surface area contributed by atoms with Gasteiger partial charge < -0.3 is 10.2 Å². The summed E-state index contributed by atoms with van der Waals surface area (Å²) < 4.78 is 0. The molecule has 4 rings (SSSR count). The quantitative estimate of drug-likeness (QED) is 0.922. The highest BCUT2D eigenvalue weighted by molar-refractivity contribution is 7.99. The van der Waals surface area contributed by atoms with Crippen LogP contribution < -0.4 is 10.2 Å². The first-order valence-electron chi connectivity index (χ1n) is 7.18. The Morgan fingerprint density at radius 2 is 1.95 bits per heavy atom. The summed E-state index contributed by atoms with van der Waals surface area (Å²) in [6.07, 6.45) is 0. The third kappa shape index (κ3) is 2.20. The molecule has 0 spiro atoms. The molecule has 2 aromatic rings. The van der Waals surface area contributed by atoms with Crippen molar-refractivity contribution in [2.24, 2.45) is 0 Å². The first-order chi connectivity index (χ1) is 10.3. The van der Waals surface area contributed by atoms with Gasteiger partial charge in [-0.15, -0.1) is 11.8 Å². The van der Waals surface area contributed by atoms with E-state index in [1.807, 2.05) is 40.9 Å². The molecule has 3 nitrogen and oxygen atoms in total. The highest BCUT2D eigenvalue weighted by atomic mass is 32.2. The third-order valence-corrected chi connectivity index (χ3v) is 5.38. The van der Waals surface area contributed by atoms with Gasteiger partial charge in [-0.3, -0.25) is 4.79 Å². The molecule has 0 saturated heterocycles. The van der Waals surface area contributed by atoms with Crippen LogP contribution in [0, 0.1) is 0 Å². The van der Waals surface area contributed by atoms with Gasteiger partial charge in [0.1, 0.15) is 0 Å². The molecule has 2 aliphatic heterocycles. The zero-order valence-corrected chi connectivity index (χ0v) is 12.4. The number of hydrogen-bond acceptors (Lipinski definition) is 3. The summed E-state index contributed by atoms with van der Waals surface area (Å²) in [5.74, 6) is 1.63. The van der Waals surface area contributed by atoms with E-state index in [1.165, 1.54) is 10.5 Å². The molecule has 0 radical (unpaired) electrons. The Bertz CT molecular complexity index is 701. The second-order valence-corrected chi connectivity index (χ2v) is 6.48. The van der Waals surface area contributed by atoms with E-state index in [1.54, 1.807) is 0 Å². The molecule has 0 saturated carbocycles. The number of nitrogens with one attached hydrogen (secondary N) is 1. The van der Waals surface area contributed by atoms with Crippen molar-refractivity contribution in [3.63, 3.8) is 0 Å². The number of nitrogens with zero attached hydrogens (tertiary/aromatic N) is 1. The SMILES string of the molecule is O=C1CNc2ccccc2N1CC1CSc2ccccc21. The van der Waals surface area contributed by atoms with Gasteiger partial charge in [0.25, 0.3) is 0 Å². The predicted octanol–water partition coefficient (Wildman–Crippen LogP) is 3.33. The average molecular weight is 296 g/mol. The molecule has 1 unspecified atom stereocenters. The second-order valence-electron chi connectivity index (χ2n) is 5.42. The molecule has 0 fully saturated rings. The fourth-order valence-corrected chi connectivity index (χ4v) is 4.30. The largest absolute Gasteiger partial charge is 0.374 e. The van der Waals surface area contributed by atoms with Gasteiger partial charge in [-0.25, -0.2) is 0 Å².